The van der Waals surface area contributed by atoms with Gasteiger partial charge in [0.05, 0.1) is 0 Å². The van der Waals surface area contributed by atoms with Gasteiger partial charge in [-0.3, -0.25) is 0 Å². The van der Waals surface area contributed by atoms with Crippen LogP contribution < -0.4 is 5.73 Å². The van der Waals surface area contributed by atoms with E-state index in [0.29, 0.717) is 5.69 Å². The van der Waals surface area contributed by atoms with Crippen molar-refractivity contribution in [3.05, 3.63) is 60.7 Å². The molecule has 19 heavy (non-hydrogen) atoms. The zero-order chi connectivity index (χ0) is 12.5. The molecule has 0 saturated carbocycles. The Balaban J connectivity index is 0.00000133. The van der Waals surface area contributed by atoms with Gasteiger partial charge in [0, 0.05) is 66.8 Å². The van der Waals surface area contributed by atoms with E-state index in [9.17, 15) is 5.11 Å². The zero-order valence-electron chi connectivity index (χ0n) is 10.4. The third kappa shape index (κ3) is 2.63. The molecule has 0 unspecified atom stereocenters. The molecule has 0 atom stereocenters. The van der Waals surface area contributed by atoms with Crippen LogP contribution in [0.2, 0.25) is 0 Å². The van der Waals surface area contributed by atoms with Gasteiger partial charge in [0.25, 0.3) is 0 Å². The molecule has 0 amide bonds. The SMILES string of the molecule is Nc1cc(O)c2ccccc2c1-c1ccccc1.[Ac]. The fourth-order valence-corrected chi connectivity index (χ4v) is 2.30. The minimum atomic E-state index is 0. The number of hydrogen-bond donors (Lipinski definition) is 2. The van der Waals surface area contributed by atoms with E-state index in [4.69, 9.17) is 5.73 Å². The third-order valence-corrected chi connectivity index (χ3v) is 3.12. The maximum Gasteiger partial charge on any atom is 0.125 e. The number of anilines is 1. The molecule has 0 saturated heterocycles. The van der Waals surface area contributed by atoms with E-state index in [-0.39, 0.29) is 49.8 Å². The molecule has 1 radical (unpaired) electrons. The van der Waals surface area contributed by atoms with Crippen LogP contribution >= 0.6 is 0 Å². The molecule has 0 bridgehead atoms. The Morgan fingerprint density at radius 3 is 2.05 bits per heavy atom. The number of phenols is 1. The van der Waals surface area contributed by atoms with E-state index >= 15 is 0 Å². The van der Waals surface area contributed by atoms with Gasteiger partial charge in [-0.05, 0) is 10.9 Å². The van der Waals surface area contributed by atoms with E-state index < -0.39 is 0 Å². The van der Waals surface area contributed by atoms with Crippen LogP contribution in [0.5, 0.6) is 5.75 Å². The predicted molar refractivity (Wildman–Crippen MR) is 75.5 cm³/mol. The smallest absolute Gasteiger partial charge is 0.125 e. The molecule has 0 aliphatic carbocycles. The second-order valence-corrected chi connectivity index (χ2v) is 4.27. The maximum atomic E-state index is 9.94. The molecular formula is C16H13AcNO. The Morgan fingerprint density at radius 1 is 0.789 bits per heavy atom. The van der Waals surface area contributed by atoms with Crippen molar-refractivity contribution in [3.8, 4) is 16.9 Å². The standard InChI is InChI=1S/C16H13NO.Ac/c17-14-10-15(18)12-8-4-5-9-13(12)16(14)11-6-2-1-3-7-11;/h1-10,18H,17H2;. The predicted octanol–water partition coefficient (Wildman–Crippen LogP) is 3.79. The van der Waals surface area contributed by atoms with Crippen LogP contribution in [0.15, 0.2) is 60.7 Å². The van der Waals surface area contributed by atoms with Gasteiger partial charge in [-0.25, -0.2) is 0 Å². The average molecular weight is 462 g/mol. The number of rotatable bonds is 1. The summed E-state index contributed by atoms with van der Waals surface area (Å²) in [5.74, 6) is 0.225. The molecule has 3 aromatic rings. The summed E-state index contributed by atoms with van der Waals surface area (Å²) in [5.41, 5.74) is 8.69. The summed E-state index contributed by atoms with van der Waals surface area (Å²) in [5, 5.41) is 11.7. The second-order valence-electron chi connectivity index (χ2n) is 4.27. The van der Waals surface area contributed by atoms with E-state index in [1.165, 1.54) is 0 Å². The first-order valence-corrected chi connectivity index (χ1v) is 5.83. The summed E-state index contributed by atoms with van der Waals surface area (Å²) in [4.78, 5) is 0. The number of phenolic OH excluding ortho intramolecular Hbond substituents is 1. The molecule has 0 fully saturated rings. The van der Waals surface area contributed by atoms with E-state index in [0.717, 1.165) is 21.9 Å². The van der Waals surface area contributed by atoms with Crippen molar-refractivity contribution in [3.63, 3.8) is 0 Å². The molecule has 3 rings (SSSR count). The van der Waals surface area contributed by atoms with Gasteiger partial charge >= 0.3 is 0 Å². The second kappa shape index (κ2) is 5.94. The molecule has 3 aromatic carbocycles. The van der Waals surface area contributed by atoms with Crippen LogP contribution in [0, 0.1) is 44.1 Å². The summed E-state index contributed by atoms with van der Waals surface area (Å²) in [6.45, 7) is 0. The van der Waals surface area contributed by atoms with Gasteiger partial charge in [0.1, 0.15) is 5.75 Å². The first-order valence-electron chi connectivity index (χ1n) is 5.83. The Bertz CT molecular complexity index is 711. The Kier molecular flexibility index (Phi) is 4.50. The van der Waals surface area contributed by atoms with Crippen LogP contribution in [0.4, 0.5) is 5.69 Å². The Hall–Kier alpha value is -1.04. The van der Waals surface area contributed by atoms with Gasteiger partial charge in [-0.2, -0.15) is 0 Å². The average Bonchev–Trinajstić information content (AvgIpc) is 2.40. The fraction of sp³-hybridized carbons (Fsp3) is 0. The minimum Gasteiger partial charge on any atom is -0.507 e. The molecular weight excluding hydrogens is 449 g/mol. The third-order valence-electron chi connectivity index (χ3n) is 3.12. The fourth-order valence-electron chi connectivity index (χ4n) is 2.30. The first-order chi connectivity index (χ1) is 8.77. The van der Waals surface area contributed by atoms with Crippen molar-refractivity contribution in [2.45, 2.75) is 0 Å². The van der Waals surface area contributed by atoms with Crippen LogP contribution in [0.1, 0.15) is 0 Å². The van der Waals surface area contributed by atoms with Crippen molar-refractivity contribution in [2.24, 2.45) is 0 Å². The van der Waals surface area contributed by atoms with Crippen LogP contribution in [0.25, 0.3) is 21.9 Å². The first kappa shape index (κ1) is 14.4. The van der Waals surface area contributed by atoms with Crippen molar-refractivity contribution in [2.75, 3.05) is 5.73 Å². The summed E-state index contributed by atoms with van der Waals surface area (Å²) in [6.07, 6.45) is 0. The number of fused-ring (bicyclic) bond motifs is 1. The van der Waals surface area contributed by atoms with Gasteiger partial charge in [0.15, 0.2) is 0 Å². The molecule has 0 heterocycles. The number of nitrogen functional groups attached to an aromatic ring is 1. The maximum absolute atomic E-state index is 9.94. The molecule has 2 nitrogen and oxygen atoms in total. The largest absolute Gasteiger partial charge is 0.507 e. The topological polar surface area (TPSA) is 46.2 Å². The summed E-state index contributed by atoms with van der Waals surface area (Å²) < 4.78 is 0. The molecule has 3 N–H and O–H groups in total. The number of benzene rings is 3. The monoisotopic (exact) mass is 462 g/mol. The van der Waals surface area contributed by atoms with Gasteiger partial charge in [-0.1, -0.05) is 54.6 Å². The van der Waals surface area contributed by atoms with Gasteiger partial charge in [0.2, 0.25) is 0 Å². The molecule has 3 heteroatoms. The molecule has 0 aliphatic rings. The van der Waals surface area contributed by atoms with E-state index in [1.54, 1.807) is 6.07 Å². The molecule has 0 aliphatic heterocycles. The van der Waals surface area contributed by atoms with Crippen LogP contribution in [0.3, 0.4) is 0 Å². The molecule has 0 spiro atoms. The quantitative estimate of drug-likeness (QED) is 0.541. The number of hydrogen-bond acceptors (Lipinski definition) is 2. The summed E-state index contributed by atoms with van der Waals surface area (Å²) in [6, 6.07) is 19.3. The minimum absolute atomic E-state index is 0. The van der Waals surface area contributed by atoms with E-state index in [2.05, 4.69) is 0 Å². The summed E-state index contributed by atoms with van der Waals surface area (Å²) in [7, 11) is 0. The Morgan fingerprint density at radius 2 is 1.37 bits per heavy atom. The number of nitrogens with two attached hydrogens (primary N) is 1. The van der Waals surface area contributed by atoms with Gasteiger partial charge in [-0.15, -0.1) is 0 Å². The number of aromatic hydroxyl groups is 1. The Labute approximate surface area is 147 Å². The van der Waals surface area contributed by atoms with Crippen molar-refractivity contribution in [1.82, 2.24) is 0 Å². The van der Waals surface area contributed by atoms with Crippen molar-refractivity contribution >= 4 is 16.5 Å². The van der Waals surface area contributed by atoms with Crippen LogP contribution in [-0.4, -0.2) is 5.11 Å². The van der Waals surface area contributed by atoms with Gasteiger partial charge < -0.3 is 10.8 Å². The molecule has 0 aromatic heterocycles. The van der Waals surface area contributed by atoms with Crippen molar-refractivity contribution in [1.29, 1.82) is 0 Å². The van der Waals surface area contributed by atoms with Crippen molar-refractivity contribution < 1.29 is 49.2 Å². The normalized spacial score (nSPS) is 10.1. The summed E-state index contributed by atoms with van der Waals surface area (Å²) >= 11 is 0. The zero-order valence-corrected chi connectivity index (χ0v) is 15.1. The molecule has 91 valence electrons. The van der Waals surface area contributed by atoms with E-state index in [1.807, 2.05) is 54.6 Å². The van der Waals surface area contributed by atoms with Crippen LogP contribution in [-0.2, 0) is 0 Å².